The minimum absolute atomic E-state index is 0.123. The van der Waals surface area contributed by atoms with Crippen molar-refractivity contribution in [3.05, 3.63) is 42.5 Å². The van der Waals surface area contributed by atoms with Crippen LogP contribution in [0.5, 0.6) is 5.75 Å². The van der Waals surface area contributed by atoms with E-state index >= 15 is 0 Å². The molecule has 0 bridgehead atoms. The van der Waals surface area contributed by atoms with E-state index < -0.39 is 5.60 Å². The molecule has 2 aromatic heterocycles. The average molecular weight is 590 g/mol. The van der Waals surface area contributed by atoms with Crippen molar-refractivity contribution in [3.63, 3.8) is 0 Å². The Morgan fingerprint density at radius 1 is 0.907 bits per heavy atom. The highest BCUT2D eigenvalue weighted by Gasteiger charge is 2.28. The number of nitrogens with one attached hydrogen (secondary N) is 1. The van der Waals surface area contributed by atoms with Gasteiger partial charge >= 0.3 is 6.09 Å². The molecule has 1 aliphatic carbocycles. The van der Waals surface area contributed by atoms with E-state index in [0.717, 1.165) is 92.9 Å². The lowest BCUT2D eigenvalue weighted by atomic mass is 9.91. The third-order valence-corrected chi connectivity index (χ3v) is 8.49. The molecule has 3 fully saturated rings. The molecule has 11 nitrogen and oxygen atoms in total. The van der Waals surface area contributed by atoms with Crippen LogP contribution in [0.25, 0.3) is 11.0 Å². The van der Waals surface area contributed by atoms with Crippen LogP contribution in [0.4, 0.5) is 16.4 Å². The first-order valence-electron chi connectivity index (χ1n) is 15.6. The van der Waals surface area contributed by atoms with Crippen LogP contribution in [0, 0.1) is 0 Å². The van der Waals surface area contributed by atoms with E-state index in [9.17, 15) is 4.79 Å². The molecule has 0 radical (unpaired) electrons. The number of aromatic nitrogens is 4. The first kappa shape index (κ1) is 29.3. The summed E-state index contributed by atoms with van der Waals surface area (Å²) in [6.45, 7) is 10.2. The Hall–Kier alpha value is -3.73. The third kappa shape index (κ3) is 7.44. The number of morpholine rings is 1. The first-order valence-corrected chi connectivity index (χ1v) is 15.6. The quantitative estimate of drug-likeness (QED) is 0.413. The molecule has 2 saturated heterocycles. The van der Waals surface area contributed by atoms with Crippen molar-refractivity contribution >= 4 is 28.8 Å². The van der Waals surface area contributed by atoms with Gasteiger partial charge in [0.15, 0.2) is 0 Å². The number of anilines is 2. The second kappa shape index (κ2) is 12.9. The van der Waals surface area contributed by atoms with E-state index in [0.29, 0.717) is 31.0 Å². The second-order valence-electron chi connectivity index (χ2n) is 12.8. The number of carbonyl (C=O) groups is 1. The molecule has 11 heteroatoms. The van der Waals surface area contributed by atoms with Crippen LogP contribution < -0.4 is 15.0 Å². The predicted molar refractivity (Wildman–Crippen MR) is 165 cm³/mol. The third-order valence-electron chi connectivity index (χ3n) is 8.49. The summed E-state index contributed by atoms with van der Waals surface area (Å²) in [5, 5.41) is 3.53. The van der Waals surface area contributed by atoms with Gasteiger partial charge in [-0.2, -0.15) is 0 Å². The largest absolute Gasteiger partial charge is 0.488 e. The van der Waals surface area contributed by atoms with Gasteiger partial charge in [-0.3, -0.25) is 4.98 Å². The molecule has 4 heterocycles. The summed E-state index contributed by atoms with van der Waals surface area (Å²) in [5.41, 5.74) is 3.42. The highest BCUT2D eigenvalue weighted by atomic mass is 16.6. The lowest BCUT2D eigenvalue weighted by Gasteiger charge is -2.33. The maximum absolute atomic E-state index is 12.4. The predicted octanol–water partition coefficient (Wildman–Crippen LogP) is 5.17. The van der Waals surface area contributed by atoms with Gasteiger partial charge in [0.05, 0.1) is 24.8 Å². The zero-order valence-corrected chi connectivity index (χ0v) is 25.5. The van der Waals surface area contributed by atoms with Crippen LogP contribution in [0.15, 0.2) is 36.9 Å². The fraction of sp³-hybridized carbons (Fsp3) is 0.594. The maximum Gasteiger partial charge on any atom is 0.410 e. The Balaban J connectivity index is 0.998. The lowest BCUT2D eigenvalue weighted by Crippen LogP contribution is -2.41. The number of hydrogen-bond donors (Lipinski definition) is 1. The van der Waals surface area contributed by atoms with E-state index in [4.69, 9.17) is 14.2 Å². The number of piperidine rings is 1. The van der Waals surface area contributed by atoms with E-state index in [1.54, 1.807) is 17.3 Å². The summed E-state index contributed by atoms with van der Waals surface area (Å²) in [5.74, 6) is 1.82. The van der Waals surface area contributed by atoms with Crippen LogP contribution in [0.1, 0.15) is 70.8 Å². The minimum Gasteiger partial charge on any atom is -0.488 e. The Kier molecular flexibility index (Phi) is 8.78. The summed E-state index contributed by atoms with van der Waals surface area (Å²) in [6.07, 6.45) is 12.8. The van der Waals surface area contributed by atoms with Crippen molar-refractivity contribution in [2.75, 3.05) is 49.6 Å². The number of benzene rings is 1. The van der Waals surface area contributed by atoms with Crippen LogP contribution in [0.2, 0.25) is 0 Å². The number of nitrogens with zero attached hydrogens (tertiary/aromatic N) is 6. The van der Waals surface area contributed by atoms with Gasteiger partial charge in [-0.1, -0.05) is 0 Å². The summed E-state index contributed by atoms with van der Waals surface area (Å²) in [4.78, 5) is 34.9. The molecule has 43 heavy (non-hydrogen) atoms. The molecule has 3 aliphatic rings. The molecular weight excluding hydrogens is 546 g/mol. The van der Waals surface area contributed by atoms with E-state index in [1.165, 1.54) is 0 Å². The highest BCUT2D eigenvalue weighted by Crippen LogP contribution is 2.33. The SMILES string of the molecule is CC(C)(C)OC(=O)N1CCC(c2cnc(NC3CCC(Oc4cc(N5CCOCC5)cc5nccnc45)CC3)nc2)CC1. The number of fused-ring (bicyclic) bond motifs is 1. The first-order chi connectivity index (χ1) is 20.8. The van der Waals surface area contributed by atoms with Gasteiger partial charge in [0, 0.05) is 68.8 Å². The Labute approximate surface area is 253 Å². The average Bonchev–Trinajstić information content (AvgIpc) is 3.02. The Morgan fingerprint density at radius 3 is 2.30 bits per heavy atom. The van der Waals surface area contributed by atoms with Gasteiger partial charge in [-0.25, -0.2) is 19.7 Å². The molecule has 0 atom stereocenters. The van der Waals surface area contributed by atoms with Gasteiger partial charge in [0.2, 0.25) is 5.95 Å². The zero-order chi connectivity index (χ0) is 29.8. The van der Waals surface area contributed by atoms with Crippen molar-refractivity contribution in [1.29, 1.82) is 0 Å². The van der Waals surface area contributed by atoms with Crippen molar-refractivity contribution in [2.24, 2.45) is 0 Å². The topological polar surface area (TPSA) is 115 Å². The number of rotatable bonds is 6. The van der Waals surface area contributed by atoms with Crippen molar-refractivity contribution in [1.82, 2.24) is 24.8 Å². The van der Waals surface area contributed by atoms with Crippen LogP contribution in [-0.2, 0) is 9.47 Å². The number of hydrogen-bond acceptors (Lipinski definition) is 10. The molecule has 1 aromatic carbocycles. The molecule has 2 aliphatic heterocycles. The summed E-state index contributed by atoms with van der Waals surface area (Å²) in [7, 11) is 0. The zero-order valence-electron chi connectivity index (χ0n) is 25.5. The van der Waals surface area contributed by atoms with Crippen molar-refractivity contribution in [3.8, 4) is 5.75 Å². The Bertz CT molecular complexity index is 1370. The van der Waals surface area contributed by atoms with Gasteiger partial charge < -0.3 is 29.3 Å². The van der Waals surface area contributed by atoms with E-state index in [2.05, 4.69) is 42.3 Å². The van der Waals surface area contributed by atoms with E-state index in [1.807, 2.05) is 33.2 Å². The van der Waals surface area contributed by atoms with Crippen molar-refractivity contribution < 1.29 is 19.0 Å². The van der Waals surface area contributed by atoms with Crippen LogP contribution >= 0.6 is 0 Å². The molecule has 0 unspecified atom stereocenters. The molecule has 3 aromatic rings. The van der Waals surface area contributed by atoms with Gasteiger partial charge in [0.1, 0.15) is 16.9 Å². The number of likely N-dealkylation sites (tertiary alicyclic amines) is 1. The summed E-state index contributed by atoms with van der Waals surface area (Å²) < 4.78 is 17.6. The number of ether oxygens (including phenoxy) is 3. The van der Waals surface area contributed by atoms with Crippen LogP contribution in [-0.4, -0.2) is 88.1 Å². The lowest BCUT2D eigenvalue weighted by molar-refractivity contribution is 0.0204. The van der Waals surface area contributed by atoms with Crippen LogP contribution in [0.3, 0.4) is 0 Å². The highest BCUT2D eigenvalue weighted by molar-refractivity contribution is 5.85. The number of carbonyl (C=O) groups excluding carboxylic acids is 1. The second-order valence-corrected chi connectivity index (χ2v) is 12.8. The fourth-order valence-electron chi connectivity index (χ4n) is 6.16. The summed E-state index contributed by atoms with van der Waals surface area (Å²) >= 11 is 0. The van der Waals surface area contributed by atoms with E-state index in [-0.39, 0.29) is 12.2 Å². The smallest absolute Gasteiger partial charge is 0.410 e. The molecule has 6 rings (SSSR count). The van der Waals surface area contributed by atoms with Gasteiger partial charge in [-0.05, 0) is 76.8 Å². The van der Waals surface area contributed by atoms with Gasteiger partial charge in [0.25, 0.3) is 0 Å². The standard InChI is InChI=1S/C32H43N7O4/c1-32(2,3)43-31(40)39-12-8-22(9-13-39)23-20-35-30(36-21-23)37-24-4-6-26(7-5-24)42-28-19-25(38-14-16-41-17-15-38)18-27-29(28)34-11-10-33-27/h10-11,18-22,24,26H,4-9,12-17H2,1-3H3,(H,35,36,37). The fourth-order valence-corrected chi connectivity index (χ4v) is 6.16. The number of amides is 1. The van der Waals surface area contributed by atoms with Gasteiger partial charge in [-0.15, -0.1) is 0 Å². The maximum atomic E-state index is 12.4. The molecule has 0 spiro atoms. The monoisotopic (exact) mass is 589 g/mol. The van der Waals surface area contributed by atoms with Crippen molar-refractivity contribution in [2.45, 2.75) is 83.0 Å². The molecule has 230 valence electrons. The Morgan fingerprint density at radius 2 is 1.60 bits per heavy atom. The normalized spacial score (nSPS) is 21.9. The molecule has 1 amide bonds. The molecule has 1 N–H and O–H groups in total. The minimum atomic E-state index is -0.476. The molecular formula is C32H43N7O4. The molecule has 1 saturated carbocycles. The summed E-state index contributed by atoms with van der Waals surface area (Å²) in [6, 6.07) is 4.52.